The highest BCUT2D eigenvalue weighted by molar-refractivity contribution is 6.31. The molecule has 1 unspecified atom stereocenters. The summed E-state index contributed by atoms with van der Waals surface area (Å²) >= 11 is 6.02. The van der Waals surface area contributed by atoms with E-state index in [1.54, 1.807) is 32.0 Å². The highest BCUT2D eigenvalue weighted by Gasteiger charge is 2.27. The Morgan fingerprint density at radius 1 is 1.27 bits per heavy atom. The number of benzene rings is 1. The van der Waals surface area contributed by atoms with Gasteiger partial charge in [-0.15, -0.1) is 0 Å². The number of carbonyl (C=O) groups excluding carboxylic acids is 1. The zero-order valence-corrected chi connectivity index (χ0v) is 13.3. The fourth-order valence-electron chi connectivity index (χ4n) is 1.94. The molecule has 0 bridgehead atoms. The summed E-state index contributed by atoms with van der Waals surface area (Å²) in [6, 6.07) is 10.4. The molecular formula is C16H19ClN2O3. The second-order valence-corrected chi connectivity index (χ2v) is 5.72. The van der Waals surface area contributed by atoms with Gasteiger partial charge in [0, 0.05) is 11.6 Å². The minimum Gasteiger partial charge on any atom is -0.463 e. The van der Waals surface area contributed by atoms with E-state index in [0.29, 0.717) is 23.1 Å². The molecule has 6 heteroatoms. The van der Waals surface area contributed by atoms with E-state index < -0.39 is 5.60 Å². The molecule has 0 aliphatic heterocycles. The summed E-state index contributed by atoms with van der Waals surface area (Å²) in [5, 5.41) is 16.2. The predicted octanol–water partition coefficient (Wildman–Crippen LogP) is 2.95. The summed E-state index contributed by atoms with van der Waals surface area (Å²) in [6.07, 6.45) is 0. The molecule has 0 radical (unpaired) electrons. The topological polar surface area (TPSA) is 74.5 Å². The summed E-state index contributed by atoms with van der Waals surface area (Å²) in [4.78, 5) is 11.8. The minimum absolute atomic E-state index is 0.0360. The second-order valence-electron chi connectivity index (χ2n) is 5.31. The molecular weight excluding hydrogens is 304 g/mol. The van der Waals surface area contributed by atoms with Crippen molar-refractivity contribution in [2.45, 2.75) is 26.0 Å². The molecule has 0 spiro atoms. The van der Waals surface area contributed by atoms with Gasteiger partial charge in [-0.25, -0.2) is 4.79 Å². The number of amides is 2. The van der Waals surface area contributed by atoms with Crippen LogP contribution in [0.25, 0.3) is 0 Å². The predicted molar refractivity (Wildman–Crippen MR) is 84.7 cm³/mol. The van der Waals surface area contributed by atoms with Gasteiger partial charge in [-0.1, -0.05) is 29.8 Å². The van der Waals surface area contributed by atoms with E-state index in [1.165, 1.54) is 0 Å². The monoisotopic (exact) mass is 322 g/mol. The summed E-state index contributed by atoms with van der Waals surface area (Å²) in [6.45, 7) is 3.73. The summed E-state index contributed by atoms with van der Waals surface area (Å²) in [7, 11) is 0. The van der Waals surface area contributed by atoms with E-state index >= 15 is 0 Å². The smallest absolute Gasteiger partial charge is 0.315 e. The molecule has 2 amide bonds. The third kappa shape index (κ3) is 4.26. The Balaban J connectivity index is 1.84. The highest BCUT2D eigenvalue weighted by atomic mass is 35.5. The van der Waals surface area contributed by atoms with Crippen molar-refractivity contribution in [1.82, 2.24) is 10.6 Å². The fraction of sp³-hybridized carbons (Fsp3) is 0.312. The fourth-order valence-corrected chi connectivity index (χ4v) is 2.15. The number of halogens is 1. The number of aryl methyl sites for hydroxylation is 1. The van der Waals surface area contributed by atoms with Crippen molar-refractivity contribution < 1.29 is 14.3 Å². The Morgan fingerprint density at radius 2 is 2.00 bits per heavy atom. The molecule has 0 aliphatic rings. The molecule has 1 heterocycles. The molecule has 0 saturated carbocycles. The zero-order chi connectivity index (χ0) is 16.2. The summed E-state index contributed by atoms with van der Waals surface area (Å²) in [5.41, 5.74) is -0.441. The number of hydrogen-bond acceptors (Lipinski definition) is 3. The summed E-state index contributed by atoms with van der Waals surface area (Å²) in [5.74, 6) is 1.12. The van der Waals surface area contributed by atoms with Crippen molar-refractivity contribution in [3.63, 3.8) is 0 Å². The van der Waals surface area contributed by atoms with Crippen LogP contribution >= 0.6 is 11.6 Å². The van der Waals surface area contributed by atoms with Gasteiger partial charge in [0.05, 0.1) is 6.54 Å². The Bertz CT molecular complexity index is 652. The van der Waals surface area contributed by atoms with Crippen LogP contribution in [0.2, 0.25) is 5.02 Å². The van der Waals surface area contributed by atoms with Crippen LogP contribution in [-0.2, 0) is 12.1 Å². The average molecular weight is 323 g/mol. The number of aliphatic hydroxyl groups is 1. The Kier molecular flexibility index (Phi) is 5.11. The van der Waals surface area contributed by atoms with Crippen LogP contribution < -0.4 is 10.6 Å². The molecule has 3 N–H and O–H groups in total. The lowest BCUT2D eigenvalue weighted by Gasteiger charge is -2.21. The van der Waals surface area contributed by atoms with Crippen LogP contribution in [0.15, 0.2) is 40.8 Å². The molecule has 1 aromatic carbocycles. The zero-order valence-electron chi connectivity index (χ0n) is 12.5. The first-order valence-corrected chi connectivity index (χ1v) is 7.31. The molecule has 2 aromatic rings. The van der Waals surface area contributed by atoms with E-state index in [4.69, 9.17) is 16.0 Å². The molecule has 0 aliphatic carbocycles. The van der Waals surface area contributed by atoms with Gasteiger partial charge in [0.1, 0.15) is 17.1 Å². The van der Waals surface area contributed by atoms with Crippen molar-refractivity contribution in [3.8, 4) is 0 Å². The number of furan rings is 1. The first-order chi connectivity index (χ1) is 10.4. The Morgan fingerprint density at radius 3 is 2.64 bits per heavy atom. The van der Waals surface area contributed by atoms with Gasteiger partial charge in [-0.3, -0.25) is 0 Å². The SMILES string of the molecule is Cc1ccc(C(C)(O)CNC(=O)NCc2ccccc2Cl)o1. The quantitative estimate of drug-likeness (QED) is 0.792. The number of hydrogen-bond donors (Lipinski definition) is 3. The number of nitrogens with one attached hydrogen (secondary N) is 2. The molecule has 118 valence electrons. The Labute approximate surface area is 134 Å². The van der Waals surface area contributed by atoms with Crippen molar-refractivity contribution in [2.24, 2.45) is 0 Å². The van der Waals surface area contributed by atoms with Gasteiger partial charge in [0.2, 0.25) is 0 Å². The van der Waals surface area contributed by atoms with Crippen LogP contribution in [-0.4, -0.2) is 17.7 Å². The molecule has 22 heavy (non-hydrogen) atoms. The number of carbonyl (C=O) groups is 1. The number of urea groups is 1. The van der Waals surface area contributed by atoms with Gasteiger partial charge in [-0.2, -0.15) is 0 Å². The van der Waals surface area contributed by atoms with Gasteiger partial charge < -0.3 is 20.2 Å². The third-order valence-electron chi connectivity index (χ3n) is 3.26. The van der Waals surface area contributed by atoms with Gasteiger partial charge in [-0.05, 0) is 37.6 Å². The van der Waals surface area contributed by atoms with Crippen molar-refractivity contribution >= 4 is 17.6 Å². The lowest BCUT2D eigenvalue weighted by Crippen LogP contribution is -2.43. The van der Waals surface area contributed by atoms with Crippen LogP contribution in [0.3, 0.4) is 0 Å². The lowest BCUT2D eigenvalue weighted by atomic mass is 10.0. The second kappa shape index (κ2) is 6.85. The normalized spacial score (nSPS) is 13.5. The Hall–Kier alpha value is -1.98. The molecule has 0 saturated heterocycles. The standard InChI is InChI=1S/C16H19ClN2O3/c1-11-7-8-14(22-11)16(2,21)10-19-15(20)18-9-12-5-3-4-6-13(12)17/h3-8,21H,9-10H2,1-2H3,(H2,18,19,20). The minimum atomic E-state index is -1.27. The molecule has 2 rings (SSSR count). The average Bonchev–Trinajstić information content (AvgIpc) is 2.92. The third-order valence-corrected chi connectivity index (χ3v) is 3.63. The van der Waals surface area contributed by atoms with Crippen molar-refractivity contribution in [1.29, 1.82) is 0 Å². The van der Waals surface area contributed by atoms with Crippen LogP contribution in [0.4, 0.5) is 4.79 Å². The maximum Gasteiger partial charge on any atom is 0.315 e. The summed E-state index contributed by atoms with van der Waals surface area (Å²) < 4.78 is 5.39. The van der Waals surface area contributed by atoms with Gasteiger partial charge in [0.25, 0.3) is 0 Å². The van der Waals surface area contributed by atoms with E-state index in [-0.39, 0.29) is 12.6 Å². The molecule has 1 atom stereocenters. The first-order valence-electron chi connectivity index (χ1n) is 6.93. The van der Waals surface area contributed by atoms with Crippen LogP contribution in [0.1, 0.15) is 24.0 Å². The lowest BCUT2D eigenvalue weighted by molar-refractivity contribution is 0.0360. The van der Waals surface area contributed by atoms with Crippen molar-refractivity contribution in [2.75, 3.05) is 6.54 Å². The van der Waals surface area contributed by atoms with E-state index in [0.717, 1.165) is 5.56 Å². The maximum absolute atomic E-state index is 11.8. The van der Waals surface area contributed by atoms with E-state index in [2.05, 4.69) is 10.6 Å². The van der Waals surface area contributed by atoms with E-state index in [1.807, 2.05) is 18.2 Å². The molecule has 1 aromatic heterocycles. The maximum atomic E-state index is 11.8. The van der Waals surface area contributed by atoms with Crippen LogP contribution in [0, 0.1) is 6.92 Å². The number of rotatable bonds is 5. The van der Waals surface area contributed by atoms with Crippen molar-refractivity contribution in [3.05, 3.63) is 58.5 Å². The molecule has 5 nitrogen and oxygen atoms in total. The molecule has 0 fully saturated rings. The van der Waals surface area contributed by atoms with E-state index in [9.17, 15) is 9.90 Å². The van der Waals surface area contributed by atoms with Gasteiger partial charge >= 0.3 is 6.03 Å². The van der Waals surface area contributed by atoms with Crippen LogP contribution in [0.5, 0.6) is 0 Å². The van der Waals surface area contributed by atoms with Gasteiger partial charge in [0.15, 0.2) is 0 Å². The first kappa shape index (κ1) is 16.4. The highest BCUT2D eigenvalue weighted by Crippen LogP contribution is 2.21. The largest absolute Gasteiger partial charge is 0.463 e.